The Balaban J connectivity index is 1.69. The van der Waals surface area contributed by atoms with E-state index in [1.54, 1.807) is 12.3 Å². The van der Waals surface area contributed by atoms with Gasteiger partial charge < -0.3 is 15.7 Å². The van der Waals surface area contributed by atoms with Crippen molar-refractivity contribution in [2.45, 2.75) is 5.60 Å². The summed E-state index contributed by atoms with van der Waals surface area (Å²) in [4.78, 5) is 18.7. The van der Waals surface area contributed by atoms with Crippen molar-refractivity contribution in [3.8, 4) is 23.1 Å². The predicted molar refractivity (Wildman–Crippen MR) is 98.6 cm³/mol. The van der Waals surface area contributed by atoms with Crippen LogP contribution in [0.4, 0.5) is 5.82 Å². The van der Waals surface area contributed by atoms with Crippen LogP contribution in [-0.2, 0) is 0 Å². The second-order valence-electron chi connectivity index (χ2n) is 6.17. The fourth-order valence-corrected chi connectivity index (χ4v) is 2.75. The first kappa shape index (κ1) is 16.0. The highest BCUT2D eigenvalue weighted by Gasteiger charge is 2.26. The maximum atomic E-state index is 10.4. The Hall–Kier alpha value is -3.50. The maximum Gasteiger partial charge on any atom is 0.183 e. The molecule has 1 aromatic carbocycles. The SMILES string of the molecule is CN1C=C[C@@](O)(C#Cc2cccc(-c3cnc4ncnc(N)c4n3)c2)C1. The van der Waals surface area contributed by atoms with Gasteiger partial charge in [-0.1, -0.05) is 24.0 Å². The molecule has 3 aromatic rings. The number of benzene rings is 1. The third kappa shape index (κ3) is 3.06. The summed E-state index contributed by atoms with van der Waals surface area (Å²) in [6.45, 7) is 0.453. The molecule has 0 unspecified atom stereocenters. The number of aliphatic hydroxyl groups is 1. The molecule has 0 saturated heterocycles. The van der Waals surface area contributed by atoms with E-state index in [0.29, 0.717) is 29.2 Å². The minimum absolute atomic E-state index is 0.291. The van der Waals surface area contributed by atoms with Crippen molar-refractivity contribution < 1.29 is 5.11 Å². The number of nitrogen functional groups attached to an aromatic ring is 1. The van der Waals surface area contributed by atoms with E-state index in [2.05, 4.69) is 31.8 Å². The molecule has 0 bridgehead atoms. The molecule has 0 fully saturated rings. The lowest BCUT2D eigenvalue weighted by molar-refractivity contribution is 0.141. The Labute approximate surface area is 150 Å². The van der Waals surface area contributed by atoms with Gasteiger partial charge in [-0.2, -0.15) is 0 Å². The molecule has 1 aliphatic rings. The number of rotatable bonds is 1. The Morgan fingerprint density at radius 3 is 2.96 bits per heavy atom. The van der Waals surface area contributed by atoms with Crippen LogP contribution in [0.2, 0.25) is 0 Å². The largest absolute Gasteiger partial charge is 0.382 e. The van der Waals surface area contributed by atoms with Crippen molar-refractivity contribution in [2.24, 2.45) is 0 Å². The molecule has 3 heterocycles. The molecule has 1 aliphatic heterocycles. The summed E-state index contributed by atoms with van der Waals surface area (Å²) in [5.41, 5.74) is 7.94. The zero-order valence-electron chi connectivity index (χ0n) is 14.1. The smallest absolute Gasteiger partial charge is 0.183 e. The van der Waals surface area contributed by atoms with Crippen LogP contribution in [-0.4, -0.2) is 49.1 Å². The third-order valence-electron chi connectivity index (χ3n) is 4.05. The number of hydrogen-bond acceptors (Lipinski definition) is 7. The molecule has 0 saturated carbocycles. The summed E-state index contributed by atoms with van der Waals surface area (Å²) in [6.07, 6.45) is 6.52. The highest BCUT2D eigenvalue weighted by atomic mass is 16.3. The molecule has 7 heteroatoms. The molecule has 0 amide bonds. The average Bonchev–Trinajstić information content (AvgIpc) is 3.00. The molecule has 1 atom stereocenters. The van der Waals surface area contributed by atoms with E-state index in [0.717, 1.165) is 11.1 Å². The number of anilines is 1. The molecule has 0 aliphatic carbocycles. The second kappa shape index (κ2) is 6.10. The van der Waals surface area contributed by atoms with Crippen LogP contribution >= 0.6 is 0 Å². The second-order valence-corrected chi connectivity index (χ2v) is 6.17. The van der Waals surface area contributed by atoms with Gasteiger partial charge in [0.1, 0.15) is 6.33 Å². The Kier molecular flexibility index (Phi) is 3.75. The zero-order chi connectivity index (χ0) is 18.1. The zero-order valence-corrected chi connectivity index (χ0v) is 14.1. The maximum absolute atomic E-state index is 10.4. The van der Waals surface area contributed by atoms with Crippen LogP contribution in [0.1, 0.15) is 5.56 Å². The third-order valence-corrected chi connectivity index (χ3v) is 4.05. The van der Waals surface area contributed by atoms with Crippen molar-refractivity contribution in [1.29, 1.82) is 0 Å². The van der Waals surface area contributed by atoms with Crippen LogP contribution in [0.25, 0.3) is 22.4 Å². The number of β-amino-alcohol motifs (C(OH)–C–C–N with tert-alkyl or cyclic N) is 1. The van der Waals surface area contributed by atoms with Gasteiger partial charge in [-0.25, -0.2) is 19.9 Å². The number of likely N-dealkylation sites (N-methyl/N-ethyl adjacent to an activating group) is 1. The van der Waals surface area contributed by atoms with Crippen LogP contribution in [0.3, 0.4) is 0 Å². The quantitative estimate of drug-likeness (QED) is 0.640. The van der Waals surface area contributed by atoms with E-state index >= 15 is 0 Å². The fraction of sp³-hybridized carbons (Fsp3) is 0.158. The highest BCUT2D eigenvalue weighted by molar-refractivity contribution is 5.82. The normalized spacial score (nSPS) is 18.8. The first-order chi connectivity index (χ1) is 12.5. The van der Waals surface area contributed by atoms with Crippen molar-refractivity contribution in [2.75, 3.05) is 19.3 Å². The lowest BCUT2D eigenvalue weighted by Crippen LogP contribution is -2.30. The molecular formula is C19H16N6O. The lowest BCUT2D eigenvalue weighted by atomic mass is 10.0. The van der Waals surface area contributed by atoms with Gasteiger partial charge in [-0.05, 0) is 24.4 Å². The predicted octanol–water partition coefficient (Wildman–Crippen LogP) is 1.21. The molecule has 7 nitrogen and oxygen atoms in total. The van der Waals surface area contributed by atoms with Gasteiger partial charge in [0.15, 0.2) is 22.6 Å². The first-order valence-corrected chi connectivity index (χ1v) is 8.01. The number of nitrogens with two attached hydrogens (primary N) is 1. The van der Waals surface area contributed by atoms with Gasteiger partial charge >= 0.3 is 0 Å². The summed E-state index contributed by atoms with van der Waals surface area (Å²) in [5, 5.41) is 10.4. The molecule has 0 spiro atoms. The number of aromatic nitrogens is 4. The summed E-state index contributed by atoms with van der Waals surface area (Å²) in [7, 11) is 1.89. The van der Waals surface area contributed by atoms with Gasteiger partial charge in [-0.3, -0.25) is 0 Å². The van der Waals surface area contributed by atoms with Crippen LogP contribution < -0.4 is 5.73 Å². The molecule has 0 radical (unpaired) electrons. The Morgan fingerprint density at radius 2 is 2.15 bits per heavy atom. The standard InChI is InChI=1S/C19H16N6O/c1-25-8-7-19(26,11-25)6-5-13-3-2-4-14(9-13)15-10-21-18-16(24-15)17(20)22-12-23-18/h2-4,7-10,12,26H,11H2,1H3,(H2,20,21,22,23)/t19-/m0/s1. The Morgan fingerprint density at radius 1 is 1.27 bits per heavy atom. The van der Waals surface area contributed by atoms with E-state index in [9.17, 15) is 5.11 Å². The van der Waals surface area contributed by atoms with Gasteiger partial charge in [0.25, 0.3) is 0 Å². The fourth-order valence-electron chi connectivity index (χ4n) is 2.75. The summed E-state index contributed by atoms with van der Waals surface area (Å²) in [5.74, 6) is 6.25. The number of fused-ring (bicyclic) bond motifs is 1. The van der Waals surface area contributed by atoms with Crippen molar-refractivity contribution in [3.05, 3.63) is 54.6 Å². The van der Waals surface area contributed by atoms with Crippen molar-refractivity contribution in [1.82, 2.24) is 24.8 Å². The molecule has 128 valence electrons. The number of hydrogen-bond donors (Lipinski definition) is 2. The molecular weight excluding hydrogens is 328 g/mol. The van der Waals surface area contributed by atoms with E-state index < -0.39 is 5.60 Å². The summed E-state index contributed by atoms with van der Waals surface area (Å²) >= 11 is 0. The van der Waals surface area contributed by atoms with E-state index in [1.165, 1.54) is 6.33 Å². The average molecular weight is 344 g/mol. The van der Waals surface area contributed by atoms with Gasteiger partial charge in [0.2, 0.25) is 0 Å². The van der Waals surface area contributed by atoms with Crippen molar-refractivity contribution in [3.63, 3.8) is 0 Å². The minimum atomic E-state index is -1.13. The van der Waals surface area contributed by atoms with E-state index in [4.69, 9.17) is 5.73 Å². The monoisotopic (exact) mass is 344 g/mol. The molecule has 2 aromatic heterocycles. The Bertz CT molecular complexity index is 1080. The molecule has 3 N–H and O–H groups in total. The van der Waals surface area contributed by atoms with Crippen LogP contribution in [0.15, 0.2) is 49.1 Å². The van der Waals surface area contributed by atoms with E-state index in [-0.39, 0.29) is 0 Å². The summed E-state index contributed by atoms with van der Waals surface area (Å²) in [6, 6.07) is 7.58. The topological polar surface area (TPSA) is 101 Å². The van der Waals surface area contributed by atoms with Gasteiger partial charge in [0, 0.05) is 18.2 Å². The molecule has 26 heavy (non-hydrogen) atoms. The first-order valence-electron chi connectivity index (χ1n) is 8.01. The minimum Gasteiger partial charge on any atom is -0.382 e. The highest BCUT2D eigenvalue weighted by Crippen LogP contribution is 2.21. The van der Waals surface area contributed by atoms with E-state index in [1.807, 2.05) is 42.4 Å². The number of nitrogens with zero attached hydrogens (tertiary/aromatic N) is 5. The van der Waals surface area contributed by atoms with Crippen LogP contribution in [0, 0.1) is 11.8 Å². The van der Waals surface area contributed by atoms with Gasteiger partial charge in [0.05, 0.1) is 18.4 Å². The van der Waals surface area contributed by atoms with Gasteiger partial charge in [-0.15, -0.1) is 0 Å². The van der Waals surface area contributed by atoms with Crippen LogP contribution in [0.5, 0.6) is 0 Å². The lowest BCUT2D eigenvalue weighted by Gasteiger charge is -2.15. The molecule has 4 rings (SSSR count). The van der Waals surface area contributed by atoms with Crippen molar-refractivity contribution >= 4 is 17.0 Å². The summed E-state index contributed by atoms with van der Waals surface area (Å²) < 4.78 is 0.